The van der Waals surface area contributed by atoms with Crippen LogP contribution in [0.3, 0.4) is 0 Å². The average molecular weight is 603 g/mol. The molecule has 8 nitrogen and oxygen atoms in total. The van der Waals surface area contributed by atoms with Crippen molar-refractivity contribution in [3.05, 3.63) is 0 Å². The van der Waals surface area contributed by atoms with Crippen LogP contribution in [0.2, 0.25) is 0 Å². The van der Waals surface area contributed by atoms with E-state index >= 15 is 0 Å². The quantitative estimate of drug-likeness (QED) is 0.193. The van der Waals surface area contributed by atoms with Crippen LogP contribution in [0.1, 0.15) is 96.3 Å². The fraction of sp³-hybridized carbons (Fsp3) is 1.00. The second kappa shape index (κ2) is 17.0. The first-order valence-electron chi connectivity index (χ1n) is 18.9. The normalized spacial score (nSPS) is 38.9. The number of fused-ring (bicyclic) bond motifs is 3. The number of rotatable bonds is 15. The van der Waals surface area contributed by atoms with Gasteiger partial charge in [0.15, 0.2) is 0 Å². The topological polar surface area (TPSA) is 140 Å². The molecule has 1 saturated heterocycles. The van der Waals surface area contributed by atoms with Crippen LogP contribution in [0.15, 0.2) is 0 Å². The predicted octanol–water partition coefficient (Wildman–Crippen LogP) is 2.78. The highest BCUT2D eigenvalue weighted by molar-refractivity contribution is 5.06. The van der Waals surface area contributed by atoms with Crippen LogP contribution in [0, 0.1) is 35.5 Å². The van der Waals surface area contributed by atoms with Gasteiger partial charge in [0.1, 0.15) is 0 Å². The second-order valence-electron chi connectivity index (χ2n) is 15.4. The Balaban J connectivity index is 1.23. The molecule has 4 saturated carbocycles. The van der Waals surface area contributed by atoms with Crippen molar-refractivity contribution in [3.8, 4) is 0 Å². The Kier molecular flexibility index (Phi) is 13.5. The Labute approximate surface area is 264 Å². The van der Waals surface area contributed by atoms with Crippen LogP contribution < -0.4 is 28.7 Å². The summed E-state index contributed by atoms with van der Waals surface area (Å²) in [5.41, 5.74) is 30.2. The van der Waals surface area contributed by atoms with Gasteiger partial charge >= 0.3 is 0 Å². The molecule has 1 heterocycles. The molecule has 0 aromatic carbocycles. The molecular weight excluding hydrogens is 532 g/mol. The molecule has 5 rings (SSSR count). The van der Waals surface area contributed by atoms with Crippen molar-refractivity contribution in [1.29, 1.82) is 0 Å². The fourth-order valence-electron chi connectivity index (χ4n) is 11.4. The zero-order valence-corrected chi connectivity index (χ0v) is 27.7. The van der Waals surface area contributed by atoms with Crippen molar-refractivity contribution in [2.45, 2.75) is 120 Å². The first kappa shape index (κ1) is 34.0. The largest absolute Gasteiger partial charge is 0.330 e. The average Bonchev–Trinajstić information content (AvgIpc) is 3.35. The molecule has 0 aromatic heterocycles. The molecule has 0 bridgehead atoms. The van der Waals surface area contributed by atoms with Crippen LogP contribution >= 0.6 is 0 Å². The molecule has 4 aliphatic carbocycles. The van der Waals surface area contributed by atoms with Crippen molar-refractivity contribution >= 4 is 0 Å². The molecule has 5 aliphatic rings. The molecule has 0 radical (unpaired) electrons. The van der Waals surface area contributed by atoms with Gasteiger partial charge < -0.3 is 28.7 Å². The lowest BCUT2D eigenvalue weighted by atomic mass is 9.63. The van der Waals surface area contributed by atoms with Crippen molar-refractivity contribution in [1.82, 2.24) is 14.7 Å². The van der Waals surface area contributed by atoms with Crippen molar-refractivity contribution in [2.24, 2.45) is 64.2 Å². The first-order chi connectivity index (χ1) is 21.1. The fourth-order valence-corrected chi connectivity index (χ4v) is 11.4. The summed E-state index contributed by atoms with van der Waals surface area (Å²) in [6.45, 7) is 9.03. The molecule has 10 atom stereocenters. The molecule has 0 spiro atoms. The van der Waals surface area contributed by atoms with E-state index in [2.05, 4.69) is 14.7 Å². The molecule has 10 N–H and O–H groups in total. The van der Waals surface area contributed by atoms with E-state index in [-0.39, 0.29) is 0 Å². The van der Waals surface area contributed by atoms with Gasteiger partial charge in [-0.3, -0.25) is 14.7 Å². The van der Waals surface area contributed by atoms with Crippen molar-refractivity contribution < 1.29 is 0 Å². The minimum absolute atomic E-state index is 0.689. The van der Waals surface area contributed by atoms with E-state index in [1.165, 1.54) is 96.4 Å². The lowest BCUT2D eigenvalue weighted by Gasteiger charge is -2.44. The molecule has 8 heteroatoms. The third kappa shape index (κ3) is 8.16. The Bertz CT molecular complexity index is 726. The van der Waals surface area contributed by atoms with E-state index in [1.807, 2.05) is 0 Å². The Morgan fingerprint density at radius 1 is 0.465 bits per heavy atom. The minimum atomic E-state index is 0.689. The summed E-state index contributed by atoms with van der Waals surface area (Å²) in [5.74, 6) is 5.41. The maximum atomic E-state index is 6.15. The van der Waals surface area contributed by atoms with Gasteiger partial charge in [0.05, 0.1) is 0 Å². The second-order valence-corrected chi connectivity index (χ2v) is 15.4. The zero-order valence-electron chi connectivity index (χ0n) is 27.7. The SMILES string of the molecule is NCCCN1C2CC(C3CCCC(N(CCN)CCN)C3)CCC2C2CCC(C3CCCC(N(CCN)CCN)C3)CC21. The van der Waals surface area contributed by atoms with Gasteiger partial charge in [0.2, 0.25) is 0 Å². The molecule has 0 aromatic rings. The monoisotopic (exact) mass is 603 g/mol. The Morgan fingerprint density at radius 3 is 1.28 bits per heavy atom. The highest BCUT2D eigenvalue weighted by Gasteiger charge is 2.53. The third-order valence-electron chi connectivity index (χ3n) is 13.2. The van der Waals surface area contributed by atoms with E-state index in [4.69, 9.17) is 28.7 Å². The molecule has 10 unspecified atom stereocenters. The highest BCUT2D eigenvalue weighted by atomic mass is 15.2. The standard InChI is InChI=1S/C35H70N8/c36-12-3-17-43-34-24-28(26-4-1-6-30(22-26)41(18-13-37)19-14-38)8-10-32(34)33-11-9-29(25-35(33)43)27-5-2-7-31(23-27)42(20-15-39)21-16-40/h26-35H,1-25,36-40H2. The van der Waals surface area contributed by atoms with Crippen molar-refractivity contribution in [2.75, 3.05) is 65.4 Å². The summed E-state index contributed by atoms with van der Waals surface area (Å²) >= 11 is 0. The Morgan fingerprint density at radius 2 is 0.884 bits per heavy atom. The van der Waals surface area contributed by atoms with Crippen LogP contribution in [0.5, 0.6) is 0 Å². The minimum Gasteiger partial charge on any atom is -0.330 e. The maximum absolute atomic E-state index is 6.15. The molecule has 250 valence electrons. The van der Waals surface area contributed by atoms with Crippen LogP contribution in [0.25, 0.3) is 0 Å². The van der Waals surface area contributed by atoms with Gasteiger partial charge in [-0.2, -0.15) is 0 Å². The number of likely N-dealkylation sites (tertiary alicyclic amines) is 1. The summed E-state index contributed by atoms with van der Waals surface area (Å²) < 4.78 is 0. The summed E-state index contributed by atoms with van der Waals surface area (Å²) in [6.07, 6.45) is 20.9. The summed E-state index contributed by atoms with van der Waals surface area (Å²) in [6, 6.07) is 2.97. The number of hydrogen-bond acceptors (Lipinski definition) is 8. The summed E-state index contributed by atoms with van der Waals surface area (Å²) in [5, 5.41) is 0. The van der Waals surface area contributed by atoms with Gasteiger partial charge in [-0.15, -0.1) is 0 Å². The van der Waals surface area contributed by atoms with E-state index in [0.717, 1.165) is 113 Å². The zero-order chi connectivity index (χ0) is 30.2. The number of hydrogen-bond donors (Lipinski definition) is 5. The summed E-state index contributed by atoms with van der Waals surface area (Å²) in [7, 11) is 0. The first-order valence-corrected chi connectivity index (χ1v) is 18.9. The van der Waals surface area contributed by atoms with Crippen LogP contribution in [-0.2, 0) is 0 Å². The predicted molar refractivity (Wildman–Crippen MR) is 180 cm³/mol. The van der Waals surface area contributed by atoms with E-state index in [1.54, 1.807) is 0 Å². The Hall–Kier alpha value is -0.320. The lowest BCUT2D eigenvalue weighted by molar-refractivity contribution is 0.0527. The van der Waals surface area contributed by atoms with Gasteiger partial charge in [-0.25, -0.2) is 0 Å². The van der Waals surface area contributed by atoms with E-state index in [9.17, 15) is 0 Å². The molecule has 43 heavy (non-hydrogen) atoms. The van der Waals surface area contributed by atoms with Crippen LogP contribution in [0.4, 0.5) is 0 Å². The summed E-state index contributed by atoms with van der Waals surface area (Å²) in [4.78, 5) is 8.30. The number of nitrogens with zero attached hydrogens (tertiary/aromatic N) is 3. The smallest absolute Gasteiger partial charge is 0.0132 e. The maximum Gasteiger partial charge on any atom is 0.0132 e. The molecule has 5 fully saturated rings. The van der Waals surface area contributed by atoms with Gasteiger partial charge in [-0.1, -0.05) is 25.7 Å². The van der Waals surface area contributed by atoms with E-state index in [0.29, 0.717) is 12.1 Å². The molecular formula is C35H70N8. The van der Waals surface area contributed by atoms with Gasteiger partial charge in [0, 0.05) is 76.5 Å². The van der Waals surface area contributed by atoms with Crippen LogP contribution in [-0.4, -0.2) is 104 Å². The van der Waals surface area contributed by atoms with E-state index < -0.39 is 0 Å². The van der Waals surface area contributed by atoms with Gasteiger partial charge in [-0.05, 0) is 119 Å². The molecule has 0 amide bonds. The number of nitrogens with two attached hydrogens (primary N) is 5. The highest BCUT2D eigenvalue weighted by Crippen LogP contribution is 2.55. The third-order valence-corrected chi connectivity index (χ3v) is 13.2. The van der Waals surface area contributed by atoms with Gasteiger partial charge in [0.25, 0.3) is 0 Å². The molecule has 1 aliphatic heterocycles. The van der Waals surface area contributed by atoms with Crippen molar-refractivity contribution in [3.63, 3.8) is 0 Å². The lowest BCUT2D eigenvalue weighted by Crippen LogP contribution is -2.47.